The van der Waals surface area contributed by atoms with Crippen LogP contribution in [0, 0.1) is 0 Å². The van der Waals surface area contributed by atoms with Gasteiger partial charge in [0.15, 0.2) is 0 Å². The van der Waals surface area contributed by atoms with Gasteiger partial charge in [-0.25, -0.2) is 0 Å². The third kappa shape index (κ3) is 3.83. The van der Waals surface area contributed by atoms with Crippen LogP contribution in [-0.4, -0.2) is 80.8 Å². The molecule has 0 atom stereocenters. The largest absolute Gasteiger partial charge is 0.379 e. The van der Waals surface area contributed by atoms with Gasteiger partial charge < -0.3 is 10.1 Å². The van der Waals surface area contributed by atoms with Gasteiger partial charge in [0.05, 0.1) is 18.6 Å². The summed E-state index contributed by atoms with van der Waals surface area (Å²) in [6.07, 6.45) is 1.01. The van der Waals surface area contributed by atoms with Crippen molar-refractivity contribution >= 4 is 33.1 Å². The zero-order valence-corrected chi connectivity index (χ0v) is 18.7. The number of benzene rings is 1. The molecule has 2 aliphatic heterocycles. The first-order valence-electron chi connectivity index (χ1n) is 11.2. The summed E-state index contributed by atoms with van der Waals surface area (Å²) in [7, 11) is 0. The number of rotatable bonds is 6. The topological polar surface area (TPSA) is 83.7 Å². The Hall–Kier alpha value is -2.66. The summed E-state index contributed by atoms with van der Waals surface area (Å²) in [6, 6.07) is 10.7. The molecule has 1 fully saturated rings. The van der Waals surface area contributed by atoms with Crippen LogP contribution in [0.2, 0.25) is 0 Å². The van der Waals surface area contributed by atoms with Crippen LogP contribution < -0.4 is 5.32 Å². The molecule has 0 radical (unpaired) electrons. The Morgan fingerprint density at radius 1 is 1.06 bits per heavy atom. The maximum Gasteiger partial charge on any atom is 0.276 e. The van der Waals surface area contributed by atoms with E-state index < -0.39 is 0 Å². The molecule has 1 aromatic carbocycles. The van der Waals surface area contributed by atoms with Gasteiger partial charge in [0.2, 0.25) is 0 Å². The molecule has 9 nitrogen and oxygen atoms in total. The van der Waals surface area contributed by atoms with Crippen molar-refractivity contribution in [3.8, 4) is 0 Å². The van der Waals surface area contributed by atoms with Crippen molar-refractivity contribution in [3.05, 3.63) is 46.3 Å². The SMILES string of the molecule is c1ccc(CN2CCc3c(sc4c3c(NCCN3CCOCC3)nc3nnnn34)C2)cc1. The predicted molar refractivity (Wildman–Crippen MR) is 124 cm³/mol. The first kappa shape index (κ1) is 20.0. The number of thiophene rings is 1. The van der Waals surface area contributed by atoms with Gasteiger partial charge in [-0.2, -0.15) is 9.50 Å². The first-order valence-corrected chi connectivity index (χ1v) is 12.0. The number of ether oxygens (including phenoxy) is 1. The molecule has 0 saturated carbocycles. The van der Waals surface area contributed by atoms with E-state index in [1.54, 1.807) is 15.9 Å². The van der Waals surface area contributed by atoms with Gasteiger partial charge in [0, 0.05) is 50.7 Å². The van der Waals surface area contributed by atoms with Gasteiger partial charge in [0.25, 0.3) is 5.78 Å². The smallest absolute Gasteiger partial charge is 0.276 e. The van der Waals surface area contributed by atoms with E-state index in [-0.39, 0.29) is 0 Å². The quantitative estimate of drug-likeness (QED) is 0.478. The zero-order chi connectivity index (χ0) is 21.3. The molecule has 4 aromatic rings. The summed E-state index contributed by atoms with van der Waals surface area (Å²) in [5.41, 5.74) is 2.75. The summed E-state index contributed by atoms with van der Waals surface area (Å²) in [6.45, 7) is 8.37. The summed E-state index contributed by atoms with van der Waals surface area (Å²) < 4.78 is 7.24. The Kier molecular flexibility index (Phi) is 5.43. The molecule has 6 rings (SSSR count). The number of nitrogens with zero attached hydrogens (tertiary/aromatic N) is 7. The third-order valence-electron chi connectivity index (χ3n) is 6.28. The van der Waals surface area contributed by atoms with Gasteiger partial charge in [-0.3, -0.25) is 9.80 Å². The number of anilines is 1. The van der Waals surface area contributed by atoms with E-state index in [1.165, 1.54) is 21.4 Å². The molecule has 3 aromatic heterocycles. The third-order valence-corrected chi connectivity index (χ3v) is 7.48. The van der Waals surface area contributed by atoms with E-state index in [9.17, 15) is 0 Å². The van der Waals surface area contributed by atoms with E-state index in [0.717, 1.165) is 76.1 Å². The van der Waals surface area contributed by atoms with Gasteiger partial charge in [-0.15, -0.1) is 11.3 Å². The highest BCUT2D eigenvalue weighted by molar-refractivity contribution is 7.19. The number of hydrogen-bond donors (Lipinski definition) is 1. The fourth-order valence-electron chi connectivity index (χ4n) is 4.64. The van der Waals surface area contributed by atoms with Crippen molar-refractivity contribution in [1.29, 1.82) is 0 Å². The molecule has 0 aliphatic carbocycles. The minimum atomic E-state index is 0.547. The minimum absolute atomic E-state index is 0.547. The molecule has 5 heterocycles. The first-order chi connectivity index (χ1) is 15.8. The normalized spacial score (nSPS) is 17.8. The predicted octanol–water partition coefficient (Wildman–Crippen LogP) is 2.04. The second kappa shape index (κ2) is 8.70. The van der Waals surface area contributed by atoms with Crippen LogP contribution in [0.25, 0.3) is 16.0 Å². The van der Waals surface area contributed by atoms with Gasteiger partial charge >= 0.3 is 0 Å². The number of nitrogens with one attached hydrogen (secondary N) is 1. The molecule has 0 amide bonds. The summed E-state index contributed by atoms with van der Waals surface area (Å²) in [4.78, 5) is 12.2. The number of fused-ring (bicyclic) bond motifs is 5. The van der Waals surface area contributed by atoms with E-state index in [0.29, 0.717) is 5.78 Å². The average molecular weight is 451 g/mol. The Morgan fingerprint density at radius 3 is 2.81 bits per heavy atom. The number of hydrogen-bond acceptors (Lipinski definition) is 9. The maximum absolute atomic E-state index is 5.46. The van der Waals surface area contributed by atoms with Crippen molar-refractivity contribution in [2.75, 3.05) is 51.3 Å². The zero-order valence-electron chi connectivity index (χ0n) is 17.9. The molecule has 1 saturated heterocycles. The Balaban J connectivity index is 1.28. The Morgan fingerprint density at radius 2 is 1.94 bits per heavy atom. The van der Waals surface area contributed by atoms with Gasteiger partial charge in [0.1, 0.15) is 10.6 Å². The molecule has 0 spiro atoms. The molecule has 0 bridgehead atoms. The van der Waals surface area contributed by atoms with Crippen LogP contribution in [0.4, 0.5) is 5.82 Å². The lowest BCUT2D eigenvalue weighted by Gasteiger charge is -2.27. The van der Waals surface area contributed by atoms with Crippen LogP contribution >= 0.6 is 11.3 Å². The molecule has 2 aliphatic rings. The highest BCUT2D eigenvalue weighted by Crippen LogP contribution is 2.38. The average Bonchev–Trinajstić information content (AvgIpc) is 3.44. The van der Waals surface area contributed by atoms with Crippen LogP contribution in [0.1, 0.15) is 16.0 Å². The molecule has 32 heavy (non-hydrogen) atoms. The van der Waals surface area contributed by atoms with Crippen molar-refractivity contribution in [3.63, 3.8) is 0 Å². The van der Waals surface area contributed by atoms with Crippen LogP contribution in [0.3, 0.4) is 0 Å². The van der Waals surface area contributed by atoms with Crippen molar-refractivity contribution < 1.29 is 4.74 Å². The van der Waals surface area contributed by atoms with E-state index in [2.05, 4.69) is 61.0 Å². The molecule has 10 heteroatoms. The highest BCUT2D eigenvalue weighted by Gasteiger charge is 2.26. The number of tetrazole rings is 1. The highest BCUT2D eigenvalue weighted by atomic mass is 32.1. The lowest BCUT2D eigenvalue weighted by molar-refractivity contribution is 0.0398. The van der Waals surface area contributed by atoms with Gasteiger partial charge in [-0.05, 0) is 28.0 Å². The summed E-state index contributed by atoms with van der Waals surface area (Å²) in [5.74, 6) is 1.45. The minimum Gasteiger partial charge on any atom is -0.379 e. The van der Waals surface area contributed by atoms with Crippen LogP contribution in [-0.2, 0) is 24.2 Å². The summed E-state index contributed by atoms with van der Waals surface area (Å²) >= 11 is 1.80. The fraction of sp³-hybridized carbons (Fsp3) is 0.455. The van der Waals surface area contributed by atoms with Crippen molar-refractivity contribution in [1.82, 2.24) is 34.8 Å². The molecule has 166 valence electrons. The second-order valence-corrected chi connectivity index (χ2v) is 9.45. The monoisotopic (exact) mass is 450 g/mol. The summed E-state index contributed by atoms with van der Waals surface area (Å²) in [5, 5.41) is 17.0. The fourth-order valence-corrected chi connectivity index (χ4v) is 5.97. The van der Waals surface area contributed by atoms with Crippen molar-refractivity contribution in [2.24, 2.45) is 0 Å². The van der Waals surface area contributed by atoms with E-state index in [1.807, 2.05) is 0 Å². The molecular formula is C22H26N8OS. The molecular weight excluding hydrogens is 424 g/mol. The maximum atomic E-state index is 5.46. The van der Waals surface area contributed by atoms with Crippen LogP contribution in [0.15, 0.2) is 30.3 Å². The molecule has 0 unspecified atom stereocenters. The van der Waals surface area contributed by atoms with Gasteiger partial charge in [-0.1, -0.05) is 35.4 Å². The Labute approximate surface area is 190 Å². The second-order valence-electron chi connectivity index (χ2n) is 8.36. The standard InChI is InChI=1S/C22H26N8OS/c1-2-4-16(5-3-1)14-29-8-6-17-18(15-29)32-21-19(17)20(24-22-25-26-27-30(21)22)23-7-9-28-10-12-31-13-11-28/h1-5H,6-15H2,(H,23,24,25,27). The van der Waals surface area contributed by atoms with E-state index >= 15 is 0 Å². The lowest BCUT2D eigenvalue weighted by Crippen LogP contribution is -2.39. The Bertz CT molecular complexity index is 1220. The number of aromatic nitrogens is 5. The van der Waals surface area contributed by atoms with Crippen molar-refractivity contribution in [2.45, 2.75) is 19.5 Å². The lowest BCUT2D eigenvalue weighted by atomic mass is 10.0. The van der Waals surface area contributed by atoms with Crippen LogP contribution in [0.5, 0.6) is 0 Å². The van der Waals surface area contributed by atoms with E-state index in [4.69, 9.17) is 9.72 Å². The molecule has 1 N–H and O–H groups in total. The number of morpholine rings is 1.